The highest BCUT2D eigenvalue weighted by Crippen LogP contribution is 2.03. The third kappa shape index (κ3) is 4.40. The molecule has 0 bridgehead atoms. The first-order valence-electron chi connectivity index (χ1n) is 5.14. The third-order valence-corrected chi connectivity index (χ3v) is 2.08. The third-order valence-electron chi connectivity index (χ3n) is 2.08. The second-order valence-corrected chi connectivity index (χ2v) is 4.01. The predicted molar refractivity (Wildman–Crippen MR) is 58.7 cm³/mol. The van der Waals surface area contributed by atoms with Gasteiger partial charge in [-0.1, -0.05) is 44.2 Å². The van der Waals surface area contributed by atoms with E-state index in [0.717, 1.165) is 13.0 Å². The Kier molecular flexibility index (Phi) is 4.63. The summed E-state index contributed by atoms with van der Waals surface area (Å²) in [5.41, 5.74) is 1.20. The van der Waals surface area contributed by atoms with Gasteiger partial charge in [0.1, 0.15) is 6.23 Å². The van der Waals surface area contributed by atoms with Gasteiger partial charge in [-0.3, -0.25) is 5.32 Å². The van der Waals surface area contributed by atoms with Crippen LogP contribution in [0.3, 0.4) is 0 Å². The molecule has 0 aromatic heterocycles. The van der Waals surface area contributed by atoms with Crippen molar-refractivity contribution in [2.24, 2.45) is 5.92 Å². The Morgan fingerprint density at radius 2 is 1.86 bits per heavy atom. The molecule has 0 spiro atoms. The first-order valence-corrected chi connectivity index (χ1v) is 5.14. The first-order chi connectivity index (χ1) is 6.68. The van der Waals surface area contributed by atoms with E-state index in [0.29, 0.717) is 5.92 Å². The van der Waals surface area contributed by atoms with Crippen molar-refractivity contribution >= 4 is 0 Å². The van der Waals surface area contributed by atoms with E-state index < -0.39 is 6.23 Å². The van der Waals surface area contributed by atoms with Gasteiger partial charge in [0, 0.05) is 6.54 Å². The second kappa shape index (κ2) is 5.78. The van der Waals surface area contributed by atoms with Gasteiger partial charge >= 0.3 is 0 Å². The molecule has 0 amide bonds. The van der Waals surface area contributed by atoms with Crippen LogP contribution < -0.4 is 5.32 Å². The summed E-state index contributed by atoms with van der Waals surface area (Å²) in [5, 5.41) is 12.7. The van der Waals surface area contributed by atoms with Crippen LogP contribution in [0.25, 0.3) is 0 Å². The number of hydrogen-bond donors (Lipinski definition) is 2. The summed E-state index contributed by atoms with van der Waals surface area (Å²) in [5.74, 6) is 0.522. The van der Waals surface area contributed by atoms with Gasteiger partial charge in [0.2, 0.25) is 0 Å². The zero-order chi connectivity index (χ0) is 10.4. The van der Waals surface area contributed by atoms with Gasteiger partial charge in [-0.2, -0.15) is 0 Å². The van der Waals surface area contributed by atoms with Crippen LogP contribution in [0.4, 0.5) is 0 Å². The smallest absolute Gasteiger partial charge is 0.105 e. The Hall–Kier alpha value is -0.860. The number of hydrogen-bond acceptors (Lipinski definition) is 2. The van der Waals surface area contributed by atoms with Crippen molar-refractivity contribution in [1.82, 2.24) is 5.32 Å². The van der Waals surface area contributed by atoms with Crippen LogP contribution in [0.2, 0.25) is 0 Å². The van der Waals surface area contributed by atoms with Gasteiger partial charge in [0.05, 0.1) is 0 Å². The number of aliphatic hydroxyl groups excluding tert-OH is 1. The zero-order valence-corrected chi connectivity index (χ0v) is 8.90. The molecule has 1 unspecified atom stereocenters. The molecule has 0 fully saturated rings. The highest BCUT2D eigenvalue weighted by atomic mass is 16.3. The Morgan fingerprint density at radius 1 is 1.21 bits per heavy atom. The monoisotopic (exact) mass is 193 g/mol. The lowest BCUT2D eigenvalue weighted by molar-refractivity contribution is 0.112. The maximum absolute atomic E-state index is 9.57. The molecule has 1 aromatic carbocycles. The second-order valence-electron chi connectivity index (χ2n) is 4.01. The minimum atomic E-state index is -0.393. The molecule has 2 heteroatoms. The molecule has 1 rings (SSSR count). The van der Waals surface area contributed by atoms with Crippen molar-refractivity contribution in [3.63, 3.8) is 0 Å². The van der Waals surface area contributed by atoms with Gasteiger partial charge in [-0.15, -0.1) is 0 Å². The molecule has 0 aliphatic heterocycles. The molecule has 0 saturated heterocycles. The van der Waals surface area contributed by atoms with Crippen LogP contribution in [0.5, 0.6) is 0 Å². The molecule has 2 nitrogen and oxygen atoms in total. The molecule has 14 heavy (non-hydrogen) atoms. The summed E-state index contributed by atoms with van der Waals surface area (Å²) < 4.78 is 0. The molecule has 1 atom stereocenters. The van der Waals surface area contributed by atoms with Crippen LogP contribution in [0, 0.1) is 5.92 Å². The highest BCUT2D eigenvalue weighted by Gasteiger charge is 2.05. The van der Waals surface area contributed by atoms with Gasteiger partial charge < -0.3 is 5.11 Å². The van der Waals surface area contributed by atoms with Crippen LogP contribution in [-0.2, 0) is 6.54 Å². The van der Waals surface area contributed by atoms with E-state index in [1.54, 1.807) is 0 Å². The SMILES string of the molecule is CC(C)CC(O)NCc1ccccc1. The number of rotatable bonds is 5. The van der Waals surface area contributed by atoms with Crippen molar-refractivity contribution in [3.8, 4) is 0 Å². The van der Waals surface area contributed by atoms with E-state index in [1.165, 1.54) is 5.56 Å². The Balaban J connectivity index is 2.27. The molecule has 78 valence electrons. The summed E-state index contributed by atoms with van der Waals surface area (Å²) in [6.45, 7) is 4.94. The molecule has 0 aliphatic rings. The Morgan fingerprint density at radius 3 is 2.43 bits per heavy atom. The van der Waals surface area contributed by atoms with E-state index in [1.807, 2.05) is 18.2 Å². The molecular weight excluding hydrogens is 174 g/mol. The lowest BCUT2D eigenvalue weighted by Crippen LogP contribution is -2.29. The topological polar surface area (TPSA) is 32.3 Å². The van der Waals surface area contributed by atoms with Gasteiger partial charge in [0.15, 0.2) is 0 Å². The van der Waals surface area contributed by atoms with Gasteiger partial charge in [0.25, 0.3) is 0 Å². The molecular formula is C12H19NO. The van der Waals surface area contributed by atoms with E-state index in [9.17, 15) is 5.11 Å². The summed E-state index contributed by atoms with van der Waals surface area (Å²) in [4.78, 5) is 0. The van der Waals surface area contributed by atoms with E-state index in [4.69, 9.17) is 0 Å². The molecule has 0 heterocycles. The normalized spacial score (nSPS) is 13.1. The Labute approximate surface area is 86.0 Å². The fourth-order valence-electron chi connectivity index (χ4n) is 1.36. The maximum atomic E-state index is 9.57. The van der Waals surface area contributed by atoms with Crippen molar-refractivity contribution in [3.05, 3.63) is 35.9 Å². The lowest BCUT2D eigenvalue weighted by Gasteiger charge is -2.14. The van der Waals surface area contributed by atoms with E-state index >= 15 is 0 Å². The van der Waals surface area contributed by atoms with Crippen LogP contribution in [0.1, 0.15) is 25.8 Å². The summed E-state index contributed by atoms with van der Waals surface area (Å²) in [6, 6.07) is 10.1. The largest absolute Gasteiger partial charge is 0.379 e. The molecule has 2 N–H and O–H groups in total. The molecule has 1 aromatic rings. The summed E-state index contributed by atoms with van der Waals surface area (Å²) in [6.07, 6.45) is 0.405. The van der Waals surface area contributed by atoms with Gasteiger partial charge in [-0.25, -0.2) is 0 Å². The average Bonchev–Trinajstić information content (AvgIpc) is 2.15. The van der Waals surface area contributed by atoms with Crippen LogP contribution in [0.15, 0.2) is 30.3 Å². The number of aliphatic hydroxyl groups is 1. The van der Waals surface area contributed by atoms with Crippen molar-refractivity contribution in [1.29, 1.82) is 0 Å². The highest BCUT2D eigenvalue weighted by molar-refractivity contribution is 5.14. The maximum Gasteiger partial charge on any atom is 0.105 e. The minimum absolute atomic E-state index is 0.393. The summed E-state index contributed by atoms with van der Waals surface area (Å²) in [7, 11) is 0. The van der Waals surface area contributed by atoms with Crippen molar-refractivity contribution < 1.29 is 5.11 Å². The number of nitrogens with one attached hydrogen (secondary N) is 1. The van der Waals surface area contributed by atoms with Crippen molar-refractivity contribution in [2.45, 2.75) is 33.0 Å². The quantitative estimate of drug-likeness (QED) is 0.702. The van der Waals surface area contributed by atoms with Gasteiger partial charge in [-0.05, 0) is 17.9 Å². The van der Waals surface area contributed by atoms with Crippen LogP contribution in [-0.4, -0.2) is 11.3 Å². The molecule has 0 aliphatic carbocycles. The first kappa shape index (κ1) is 11.2. The van der Waals surface area contributed by atoms with E-state index in [2.05, 4.69) is 31.3 Å². The lowest BCUT2D eigenvalue weighted by atomic mass is 10.1. The standard InChI is InChI=1S/C12H19NO/c1-10(2)8-12(14)13-9-11-6-4-3-5-7-11/h3-7,10,12-14H,8-9H2,1-2H3. The Bertz CT molecular complexity index is 246. The minimum Gasteiger partial charge on any atom is -0.379 e. The van der Waals surface area contributed by atoms with Crippen LogP contribution >= 0.6 is 0 Å². The number of benzene rings is 1. The zero-order valence-electron chi connectivity index (χ0n) is 8.90. The average molecular weight is 193 g/mol. The van der Waals surface area contributed by atoms with E-state index in [-0.39, 0.29) is 0 Å². The fraction of sp³-hybridized carbons (Fsp3) is 0.500. The molecule has 0 saturated carbocycles. The fourth-order valence-corrected chi connectivity index (χ4v) is 1.36. The molecule has 0 radical (unpaired) electrons. The predicted octanol–water partition coefficient (Wildman–Crippen LogP) is 2.14. The summed E-state index contributed by atoms with van der Waals surface area (Å²) >= 11 is 0. The van der Waals surface area contributed by atoms with Crippen molar-refractivity contribution in [2.75, 3.05) is 0 Å².